The summed E-state index contributed by atoms with van der Waals surface area (Å²) in [7, 11) is 0. The lowest BCUT2D eigenvalue weighted by Crippen LogP contribution is -2.56. The van der Waals surface area contributed by atoms with E-state index >= 15 is 0 Å². The van der Waals surface area contributed by atoms with Gasteiger partial charge in [0.15, 0.2) is 0 Å². The number of anilines is 1. The Balaban J connectivity index is 1.17. The van der Waals surface area contributed by atoms with Gasteiger partial charge in [-0.25, -0.2) is 9.48 Å². The average Bonchev–Trinajstić information content (AvgIpc) is 3.50. The van der Waals surface area contributed by atoms with Crippen LogP contribution in [0.4, 0.5) is 10.6 Å². The van der Waals surface area contributed by atoms with Crippen molar-refractivity contribution >= 4 is 29.6 Å². The maximum atomic E-state index is 13.8. The number of amides is 4. The number of hydrogen-bond acceptors (Lipinski definition) is 7. The van der Waals surface area contributed by atoms with Crippen LogP contribution < -0.4 is 16.4 Å². The van der Waals surface area contributed by atoms with Crippen LogP contribution in [-0.2, 0) is 16.1 Å². The van der Waals surface area contributed by atoms with E-state index in [1.807, 2.05) is 51.1 Å². The minimum atomic E-state index is -0.663. The number of ether oxygens (including phenoxy) is 1. The molecule has 0 radical (unpaired) electrons. The number of benzene rings is 2. The van der Waals surface area contributed by atoms with E-state index in [0.29, 0.717) is 44.1 Å². The van der Waals surface area contributed by atoms with E-state index in [9.17, 15) is 19.2 Å². The van der Waals surface area contributed by atoms with E-state index in [1.165, 1.54) is 30.1 Å². The minimum absolute atomic E-state index is 0.123. The van der Waals surface area contributed by atoms with E-state index in [-0.39, 0.29) is 41.7 Å². The summed E-state index contributed by atoms with van der Waals surface area (Å²) in [6.07, 6.45) is 8.49. The van der Waals surface area contributed by atoms with E-state index < -0.39 is 11.6 Å². The smallest absolute Gasteiger partial charge is 0.410 e. The van der Waals surface area contributed by atoms with Gasteiger partial charge in [-0.15, -0.1) is 0 Å². The van der Waals surface area contributed by atoms with Gasteiger partial charge in [-0.2, -0.15) is 5.10 Å². The fraction of sp³-hybridized carbons (Fsp3) is 0.486. The molecule has 4 amide bonds. The first-order valence-corrected chi connectivity index (χ1v) is 17.3. The summed E-state index contributed by atoms with van der Waals surface area (Å²) in [4.78, 5) is 56.0. The van der Waals surface area contributed by atoms with Crippen molar-refractivity contribution in [2.24, 2.45) is 5.92 Å². The number of para-hydroxylation sites is 1. The van der Waals surface area contributed by atoms with Crippen LogP contribution >= 0.6 is 0 Å². The Morgan fingerprint density at radius 2 is 1.55 bits per heavy atom. The van der Waals surface area contributed by atoms with E-state index in [1.54, 1.807) is 34.1 Å². The highest BCUT2D eigenvalue weighted by Crippen LogP contribution is 2.28. The molecule has 5 rings (SSSR count). The number of carbonyl (C=O) groups is 4. The van der Waals surface area contributed by atoms with Gasteiger partial charge >= 0.3 is 6.09 Å². The number of hydrogen-bond donors (Lipinski definition) is 3. The van der Waals surface area contributed by atoms with Gasteiger partial charge in [-0.05, 0) is 69.4 Å². The molecule has 2 heterocycles. The van der Waals surface area contributed by atoms with Crippen molar-refractivity contribution in [1.82, 2.24) is 30.2 Å². The molecule has 4 N–H and O–H groups in total. The molecule has 12 heteroatoms. The molecular weight excluding hydrogens is 622 g/mol. The molecule has 2 aliphatic rings. The Morgan fingerprint density at radius 3 is 2.20 bits per heavy atom. The summed E-state index contributed by atoms with van der Waals surface area (Å²) in [5.41, 5.74) is 7.88. The zero-order valence-electron chi connectivity index (χ0n) is 28.8. The van der Waals surface area contributed by atoms with Crippen molar-refractivity contribution in [1.29, 1.82) is 0 Å². The fourth-order valence-electron chi connectivity index (χ4n) is 6.39. The van der Waals surface area contributed by atoms with Crippen molar-refractivity contribution in [2.45, 2.75) is 83.9 Å². The number of nitrogens with two attached hydrogens (primary N) is 1. The van der Waals surface area contributed by atoms with Gasteiger partial charge in [0, 0.05) is 38.3 Å². The van der Waals surface area contributed by atoms with E-state index in [2.05, 4.69) is 15.7 Å². The first kappa shape index (κ1) is 35.4. The van der Waals surface area contributed by atoms with Gasteiger partial charge in [0.1, 0.15) is 23.0 Å². The summed E-state index contributed by atoms with van der Waals surface area (Å²) in [5, 5.41) is 10.1. The molecule has 262 valence electrons. The highest BCUT2D eigenvalue weighted by Gasteiger charge is 2.32. The van der Waals surface area contributed by atoms with Crippen LogP contribution in [0.5, 0.6) is 0 Å². The Hall–Kier alpha value is -4.87. The molecule has 3 aromatic rings. The third-order valence-electron chi connectivity index (χ3n) is 9.16. The van der Waals surface area contributed by atoms with Crippen LogP contribution in [0.2, 0.25) is 0 Å². The molecule has 2 fully saturated rings. The summed E-state index contributed by atoms with van der Waals surface area (Å²) >= 11 is 0. The molecule has 1 saturated heterocycles. The van der Waals surface area contributed by atoms with E-state index in [4.69, 9.17) is 10.5 Å². The number of nitrogens with zero attached hydrogens (tertiary/aromatic N) is 4. The van der Waals surface area contributed by atoms with Gasteiger partial charge in [-0.3, -0.25) is 14.4 Å². The summed E-state index contributed by atoms with van der Waals surface area (Å²) in [5.74, 6) is -0.00303. The Morgan fingerprint density at radius 1 is 0.898 bits per heavy atom. The maximum absolute atomic E-state index is 13.8. The highest BCUT2D eigenvalue weighted by molar-refractivity contribution is 5.99. The van der Waals surface area contributed by atoms with Crippen LogP contribution in [0.3, 0.4) is 0 Å². The fourth-order valence-corrected chi connectivity index (χ4v) is 6.39. The molecule has 1 atom stereocenters. The molecule has 2 aromatic carbocycles. The van der Waals surface area contributed by atoms with Crippen LogP contribution in [0.1, 0.15) is 92.0 Å². The van der Waals surface area contributed by atoms with Gasteiger partial charge in [0.25, 0.3) is 11.8 Å². The Bertz CT molecular complexity index is 1590. The van der Waals surface area contributed by atoms with Gasteiger partial charge < -0.3 is 30.9 Å². The van der Waals surface area contributed by atoms with Gasteiger partial charge in [0.2, 0.25) is 5.91 Å². The standard InChI is InChI=1S/C37H49N7O5/c1-37(2,3)49-36(48)43-22-20-42(21-23-43)35(47)31(19-16-26-10-6-4-7-11-26)41-33(45)28-17-14-27(15-18-28)24-39-34(46)30-25-40-44(32(30)38)29-12-8-5-9-13-29/h5,8-9,12-15,17-18,25-26,31H,4,6-7,10-11,16,19-24,38H2,1-3H3,(H,39,46)(H,41,45)/t31-/m0/s1. The number of carbonyl (C=O) groups excluding carboxylic acids is 4. The second-order valence-corrected chi connectivity index (χ2v) is 14.0. The van der Waals surface area contributed by atoms with Gasteiger partial charge in [0.05, 0.1) is 11.9 Å². The van der Waals surface area contributed by atoms with Crippen molar-refractivity contribution in [2.75, 3.05) is 31.9 Å². The Labute approximate surface area is 288 Å². The minimum Gasteiger partial charge on any atom is -0.444 e. The molecule has 49 heavy (non-hydrogen) atoms. The molecule has 1 aromatic heterocycles. The molecule has 1 aliphatic carbocycles. The topological polar surface area (TPSA) is 152 Å². The zero-order chi connectivity index (χ0) is 35.0. The number of piperazine rings is 1. The van der Waals surface area contributed by atoms with Crippen LogP contribution in [-0.4, -0.2) is 81.2 Å². The molecule has 1 saturated carbocycles. The van der Waals surface area contributed by atoms with Crippen LogP contribution in [0, 0.1) is 5.92 Å². The van der Waals surface area contributed by atoms with Crippen molar-refractivity contribution in [3.8, 4) is 5.69 Å². The predicted molar refractivity (Wildman–Crippen MR) is 187 cm³/mol. The lowest BCUT2D eigenvalue weighted by Gasteiger charge is -2.37. The number of rotatable bonds is 10. The third-order valence-corrected chi connectivity index (χ3v) is 9.16. The summed E-state index contributed by atoms with van der Waals surface area (Å²) in [6, 6.07) is 15.6. The lowest BCUT2D eigenvalue weighted by molar-refractivity contribution is -0.135. The molecule has 0 bridgehead atoms. The SMILES string of the molecule is CC(C)(C)OC(=O)N1CCN(C(=O)[C@H](CCC2CCCCC2)NC(=O)c2ccc(CNC(=O)c3cnn(-c4ccccc4)c3N)cc2)CC1. The van der Waals surface area contributed by atoms with Crippen molar-refractivity contribution < 1.29 is 23.9 Å². The quantitative estimate of drug-likeness (QED) is 0.277. The molecule has 1 aliphatic heterocycles. The molecule has 12 nitrogen and oxygen atoms in total. The first-order valence-electron chi connectivity index (χ1n) is 17.3. The highest BCUT2D eigenvalue weighted by atomic mass is 16.6. The predicted octanol–water partition coefficient (Wildman–Crippen LogP) is 4.92. The lowest BCUT2D eigenvalue weighted by atomic mass is 9.85. The zero-order valence-corrected chi connectivity index (χ0v) is 28.8. The van der Waals surface area contributed by atoms with Crippen molar-refractivity contribution in [3.05, 3.63) is 77.5 Å². The van der Waals surface area contributed by atoms with Gasteiger partial charge in [-0.1, -0.05) is 62.4 Å². The molecular formula is C37H49N7O5. The monoisotopic (exact) mass is 671 g/mol. The number of nitrogens with one attached hydrogen (secondary N) is 2. The third kappa shape index (κ3) is 9.61. The first-order chi connectivity index (χ1) is 23.5. The maximum Gasteiger partial charge on any atom is 0.410 e. The number of aromatic nitrogens is 2. The summed E-state index contributed by atoms with van der Waals surface area (Å²) in [6.45, 7) is 7.24. The van der Waals surface area contributed by atoms with E-state index in [0.717, 1.165) is 30.5 Å². The van der Waals surface area contributed by atoms with Crippen LogP contribution in [0.25, 0.3) is 5.69 Å². The average molecular weight is 672 g/mol. The van der Waals surface area contributed by atoms with Crippen molar-refractivity contribution in [3.63, 3.8) is 0 Å². The largest absolute Gasteiger partial charge is 0.444 e. The summed E-state index contributed by atoms with van der Waals surface area (Å²) < 4.78 is 7.01. The second-order valence-electron chi connectivity index (χ2n) is 14.0. The number of nitrogen functional groups attached to an aromatic ring is 1. The Kier molecular flexibility index (Phi) is 11.6. The molecule has 0 unspecified atom stereocenters. The normalized spacial score (nSPS) is 16.1. The second kappa shape index (κ2) is 16.0. The van der Waals surface area contributed by atoms with Crippen LogP contribution in [0.15, 0.2) is 60.8 Å². The molecule has 0 spiro atoms.